The van der Waals surface area contributed by atoms with E-state index in [1.165, 1.54) is 0 Å². The summed E-state index contributed by atoms with van der Waals surface area (Å²) in [5.41, 5.74) is 5.29. The molecule has 0 amide bonds. The van der Waals surface area contributed by atoms with Gasteiger partial charge in [0, 0.05) is 20.6 Å². The highest BCUT2D eigenvalue weighted by Gasteiger charge is 2.27. The third-order valence-corrected chi connectivity index (χ3v) is 2.59. The Morgan fingerprint density at radius 3 is 2.76 bits per heavy atom. The molecule has 2 atom stereocenters. The second kappa shape index (κ2) is 6.09. The molecule has 98 valence electrons. The highest BCUT2D eigenvalue weighted by molar-refractivity contribution is 5.01. The van der Waals surface area contributed by atoms with Gasteiger partial charge in [0.1, 0.15) is 5.54 Å². The van der Waals surface area contributed by atoms with Crippen molar-refractivity contribution in [3.63, 3.8) is 0 Å². The van der Waals surface area contributed by atoms with Gasteiger partial charge in [-0.2, -0.15) is 4.98 Å². The summed E-state index contributed by atoms with van der Waals surface area (Å²) in [6, 6.07) is 0. The zero-order valence-corrected chi connectivity index (χ0v) is 10.9. The van der Waals surface area contributed by atoms with Crippen LogP contribution >= 0.6 is 0 Å². The first-order valence-corrected chi connectivity index (χ1v) is 5.63. The Morgan fingerprint density at radius 2 is 2.18 bits per heavy atom. The van der Waals surface area contributed by atoms with Crippen LogP contribution in [0, 0.1) is 0 Å². The predicted octanol–water partition coefficient (Wildman–Crippen LogP) is 0.857. The van der Waals surface area contributed by atoms with Crippen molar-refractivity contribution in [3.8, 4) is 0 Å². The lowest BCUT2D eigenvalue weighted by atomic mass is 10.1. The van der Waals surface area contributed by atoms with Crippen molar-refractivity contribution in [1.82, 2.24) is 10.1 Å². The second-order valence-electron chi connectivity index (χ2n) is 4.45. The number of methoxy groups -OCH3 is 2. The summed E-state index contributed by atoms with van der Waals surface area (Å²) in [5.74, 6) is 1.05. The maximum Gasteiger partial charge on any atom is 0.226 e. The van der Waals surface area contributed by atoms with Gasteiger partial charge in [-0.3, -0.25) is 0 Å². The molecule has 0 fully saturated rings. The van der Waals surface area contributed by atoms with Gasteiger partial charge in [0.05, 0.1) is 12.7 Å². The minimum absolute atomic E-state index is 0.175. The maximum atomic E-state index is 6.01. The van der Waals surface area contributed by atoms with Crippen molar-refractivity contribution >= 4 is 0 Å². The first kappa shape index (κ1) is 14.1. The number of nitrogens with zero attached hydrogens (tertiary/aromatic N) is 2. The average Bonchev–Trinajstić information content (AvgIpc) is 2.75. The number of hydrogen-bond donors (Lipinski definition) is 1. The molecular weight excluding hydrogens is 222 g/mol. The van der Waals surface area contributed by atoms with Crippen LogP contribution in [0.15, 0.2) is 4.52 Å². The predicted molar refractivity (Wildman–Crippen MR) is 62.5 cm³/mol. The monoisotopic (exact) mass is 243 g/mol. The van der Waals surface area contributed by atoms with E-state index in [1.807, 2.05) is 13.8 Å². The molecular formula is C11H21N3O3. The van der Waals surface area contributed by atoms with Gasteiger partial charge in [-0.25, -0.2) is 0 Å². The van der Waals surface area contributed by atoms with Crippen LogP contribution in [-0.2, 0) is 21.4 Å². The molecule has 0 radical (unpaired) electrons. The number of nitrogens with two attached hydrogens (primary N) is 1. The standard InChI is InChI=1S/C11H21N3O3/c1-8(16-4)5-6-9-13-10(14-17-9)11(2,12)7-15-3/h8H,5-7,12H2,1-4H3. The Hall–Kier alpha value is -0.980. The van der Waals surface area contributed by atoms with Crippen LogP contribution in [-0.4, -0.2) is 37.1 Å². The van der Waals surface area contributed by atoms with Crippen LogP contribution in [0.25, 0.3) is 0 Å². The van der Waals surface area contributed by atoms with E-state index < -0.39 is 5.54 Å². The molecule has 0 aliphatic rings. The van der Waals surface area contributed by atoms with Crippen molar-refractivity contribution in [2.75, 3.05) is 20.8 Å². The van der Waals surface area contributed by atoms with Gasteiger partial charge >= 0.3 is 0 Å². The quantitative estimate of drug-likeness (QED) is 0.764. The van der Waals surface area contributed by atoms with Gasteiger partial charge in [0.2, 0.25) is 5.89 Å². The largest absolute Gasteiger partial charge is 0.382 e. The smallest absolute Gasteiger partial charge is 0.226 e. The van der Waals surface area contributed by atoms with Crippen molar-refractivity contribution in [2.45, 2.75) is 38.3 Å². The molecule has 1 rings (SSSR count). The van der Waals surface area contributed by atoms with Crippen molar-refractivity contribution in [3.05, 3.63) is 11.7 Å². The number of hydrogen-bond acceptors (Lipinski definition) is 6. The molecule has 0 aliphatic carbocycles. The topological polar surface area (TPSA) is 83.4 Å². The molecule has 0 bridgehead atoms. The molecule has 2 N–H and O–H groups in total. The number of ether oxygens (including phenoxy) is 2. The summed E-state index contributed by atoms with van der Waals surface area (Å²) in [6.45, 7) is 4.15. The van der Waals surface area contributed by atoms with E-state index in [-0.39, 0.29) is 6.10 Å². The van der Waals surface area contributed by atoms with E-state index in [0.717, 1.165) is 6.42 Å². The highest BCUT2D eigenvalue weighted by atomic mass is 16.5. The fourth-order valence-electron chi connectivity index (χ4n) is 1.40. The van der Waals surface area contributed by atoms with Crippen molar-refractivity contribution in [1.29, 1.82) is 0 Å². The number of aromatic nitrogens is 2. The Bertz CT molecular complexity index is 338. The van der Waals surface area contributed by atoms with Crippen LogP contribution in [0.1, 0.15) is 32.0 Å². The molecule has 6 nitrogen and oxygen atoms in total. The third kappa shape index (κ3) is 4.07. The summed E-state index contributed by atoms with van der Waals surface area (Å²) in [4.78, 5) is 4.27. The normalized spacial score (nSPS) is 16.8. The van der Waals surface area contributed by atoms with E-state index in [1.54, 1.807) is 14.2 Å². The van der Waals surface area contributed by atoms with Gasteiger partial charge in [-0.1, -0.05) is 5.16 Å². The number of rotatable bonds is 7. The molecule has 0 spiro atoms. The van der Waals surface area contributed by atoms with Crippen LogP contribution in [0.4, 0.5) is 0 Å². The van der Waals surface area contributed by atoms with E-state index in [2.05, 4.69) is 10.1 Å². The second-order valence-corrected chi connectivity index (χ2v) is 4.45. The molecule has 1 aromatic heterocycles. The molecule has 1 aromatic rings. The van der Waals surface area contributed by atoms with Crippen LogP contribution in [0.3, 0.4) is 0 Å². The van der Waals surface area contributed by atoms with Crippen LogP contribution < -0.4 is 5.73 Å². The van der Waals surface area contributed by atoms with Crippen LogP contribution in [0.5, 0.6) is 0 Å². The average molecular weight is 243 g/mol. The zero-order chi connectivity index (χ0) is 12.9. The molecule has 17 heavy (non-hydrogen) atoms. The highest BCUT2D eigenvalue weighted by Crippen LogP contribution is 2.15. The van der Waals surface area contributed by atoms with E-state index in [9.17, 15) is 0 Å². The van der Waals surface area contributed by atoms with Crippen LogP contribution in [0.2, 0.25) is 0 Å². The van der Waals surface area contributed by atoms with Crippen molar-refractivity contribution in [2.24, 2.45) is 5.73 Å². The fraction of sp³-hybridized carbons (Fsp3) is 0.818. The lowest BCUT2D eigenvalue weighted by molar-refractivity contribution is 0.109. The molecule has 0 aromatic carbocycles. The Kier molecular flexibility index (Phi) is 5.04. The molecule has 0 aliphatic heterocycles. The van der Waals surface area contributed by atoms with Gasteiger partial charge in [-0.05, 0) is 20.3 Å². The lowest BCUT2D eigenvalue weighted by Gasteiger charge is -2.18. The Morgan fingerprint density at radius 1 is 1.47 bits per heavy atom. The van der Waals surface area contributed by atoms with Gasteiger partial charge < -0.3 is 19.7 Å². The zero-order valence-electron chi connectivity index (χ0n) is 10.9. The number of aryl methyl sites for hydroxylation is 1. The molecule has 0 saturated carbocycles. The molecule has 2 unspecified atom stereocenters. The minimum atomic E-state index is -0.719. The SMILES string of the molecule is COCC(C)(N)c1noc(CCC(C)OC)n1. The molecule has 6 heteroatoms. The Balaban J connectivity index is 2.59. The summed E-state index contributed by atoms with van der Waals surface area (Å²) in [5, 5.41) is 3.88. The summed E-state index contributed by atoms with van der Waals surface area (Å²) in [6.07, 6.45) is 1.70. The first-order valence-electron chi connectivity index (χ1n) is 5.63. The van der Waals surface area contributed by atoms with Gasteiger partial charge in [-0.15, -0.1) is 0 Å². The molecule has 1 heterocycles. The van der Waals surface area contributed by atoms with Gasteiger partial charge in [0.15, 0.2) is 5.82 Å². The van der Waals surface area contributed by atoms with E-state index in [0.29, 0.717) is 24.7 Å². The van der Waals surface area contributed by atoms with E-state index >= 15 is 0 Å². The lowest BCUT2D eigenvalue weighted by Crippen LogP contribution is -2.39. The minimum Gasteiger partial charge on any atom is -0.382 e. The van der Waals surface area contributed by atoms with E-state index in [4.69, 9.17) is 19.7 Å². The van der Waals surface area contributed by atoms with Crippen molar-refractivity contribution < 1.29 is 14.0 Å². The first-order chi connectivity index (χ1) is 7.99. The fourth-order valence-corrected chi connectivity index (χ4v) is 1.40. The summed E-state index contributed by atoms with van der Waals surface area (Å²) in [7, 11) is 3.27. The molecule has 0 saturated heterocycles. The maximum absolute atomic E-state index is 6.01. The summed E-state index contributed by atoms with van der Waals surface area (Å²) < 4.78 is 15.3. The van der Waals surface area contributed by atoms with Gasteiger partial charge in [0.25, 0.3) is 0 Å². The Labute approximate surface area is 101 Å². The summed E-state index contributed by atoms with van der Waals surface area (Å²) >= 11 is 0. The third-order valence-electron chi connectivity index (χ3n) is 2.59.